The third-order valence-electron chi connectivity index (χ3n) is 8.58. The van der Waals surface area contributed by atoms with E-state index < -0.39 is 5.60 Å². The van der Waals surface area contributed by atoms with Gasteiger partial charge in [-0.2, -0.15) is 0 Å². The molecule has 0 radical (unpaired) electrons. The molecule has 2 saturated carbocycles. The maximum atomic E-state index is 13.3. The Morgan fingerprint density at radius 2 is 1.54 bits per heavy atom. The summed E-state index contributed by atoms with van der Waals surface area (Å²) in [5, 5.41) is 0. The highest BCUT2D eigenvalue weighted by Gasteiger charge is 2.49. The maximum absolute atomic E-state index is 13.3. The van der Waals surface area contributed by atoms with E-state index in [9.17, 15) is 9.59 Å². The smallest absolute Gasteiger partial charge is 0.344 e. The zero-order chi connectivity index (χ0) is 26.3. The molecule has 0 saturated heterocycles. The van der Waals surface area contributed by atoms with Crippen LogP contribution in [-0.2, 0) is 19.1 Å². The molecule has 2 fully saturated rings. The van der Waals surface area contributed by atoms with Crippen molar-refractivity contribution in [3.05, 3.63) is 0 Å². The zero-order valence-corrected chi connectivity index (χ0v) is 24.3. The molecule has 0 aromatic heterocycles. The van der Waals surface area contributed by atoms with Crippen LogP contribution in [0.3, 0.4) is 0 Å². The van der Waals surface area contributed by atoms with Crippen LogP contribution in [0.5, 0.6) is 0 Å². The van der Waals surface area contributed by atoms with Gasteiger partial charge in [0.05, 0.1) is 5.92 Å². The van der Waals surface area contributed by atoms with Gasteiger partial charge in [-0.05, 0) is 80.0 Å². The summed E-state index contributed by atoms with van der Waals surface area (Å²) in [6, 6.07) is 0. The van der Waals surface area contributed by atoms with Gasteiger partial charge in [0.15, 0.2) is 6.61 Å². The van der Waals surface area contributed by atoms with E-state index in [0.717, 1.165) is 44.9 Å². The molecule has 0 bridgehead atoms. The molecule has 2 aliphatic rings. The standard InChI is InChI=1S/C31H56O4/c1-9-31(25-15-11-10-12-16-25,26-17-13-14-18-30(7,8)21-26)35-27(32)22-34-28(33)24(19-23(2)3)20-29(4,5)6/h23-26H,9-22H2,1-8H3. The van der Waals surface area contributed by atoms with Crippen molar-refractivity contribution in [3.8, 4) is 0 Å². The molecular weight excluding hydrogens is 436 g/mol. The van der Waals surface area contributed by atoms with Crippen molar-refractivity contribution >= 4 is 11.9 Å². The topological polar surface area (TPSA) is 52.6 Å². The van der Waals surface area contributed by atoms with Gasteiger partial charge < -0.3 is 9.47 Å². The number of ether oxygens (including phenoxy) is 2. The average Bonchev–Trinajstić information content (AvgIpc) is 2.95. The zero-order valence-electron chi connectivity index (χ0n) is 24.3. The molecule has 35 heavy (non-hydrogen) atoms. The molecule has 4 nitrogen and oxygen atoms in total. The van der Waals surface area contributed by atoms with Crippen LogP contribution in [0.15, 0.2) is 0 Å². The highest BCUT2D eigenvalue weighted by Crippen LogP contribution is 2.50. The van der Waals surface area contributed by atoms with Crippen LogP contribution in [0.2, 0.25) is 0 Å². The van der Waals surface area contributed by atoms with E-state index in [2.05, 4.69) is 55.4 Å². The van der Waals surface area contributed by atoms with Crippen LogP contribution in [0.4, 0.5) is 0 Å². The van der Waals surface area contributed by atoms with Crippen molar-refractivity contribution in [2.45, 2.75) is 144 Å². The van der Waals surface area contributed by atoms with Crippen molar-refractivity contribution in [3.63, 3.8) is 0 Å². The van der Waals surface area contributed by atoms with Crippen LogP contribution in [0, 0.1) is 34.5 Å². The van der Waals surface area contributed by atoms with E-state index in [1.807, 2.05) is 0 Å². The summed E-state index contributed by atoms with van der Waals surface area (Å²) < 4.78 is 12.1. The summed E-state index contributed by atoms with van der Waals surface area (Å²) in [6.07, 6.45) is 14.3. The van der Waals surface area contributed by atoms with Gasteiger partial charge in [-0.3, -0.25) is 4.79 Å². The van der Waals surface area contributed by atoms with Gasteiger partial charge in [-0.1, -0.05) is 87.5 Å². The second kappa shape index (κ2) is 13.0. The maximum Gasteiger partial charge on any atom is 0.344 e. The predicted molar refractivity (Wildman–Crippen MR) is 144 cm³/mol. The normalized spacial score (nSPS) is 24.3. The lowest BCUT2D eigenvalue weighted by molar-refractivity contribution is -0.189. The third-order valence-corrected chi connectivity index (χ3v) is 8.58. The first-order valence-corrected chi connectivity index (χ1v) is 14.7. The highest BCUT2D eigenvalue weighted by molar-refractivity contribution is 5.78. The van der Waals surface area contributed by atoms with Crippen molar-refractivity contribution in [2.24, 2.45) is 34.5 Å². The van der Waals surface area contributed by atoms with E-state index in [1.165, 1.54) is 38.5 Å². The lowest BCUT2D eigenvalue weighted by Gasteiger charge is -2.48. The van der Waals surface area contributed by atoms with Crippen LogP contribution < -0.4 is 0 Å². The Kier molecular flexibility index (Phi) is 11.2. The average molecular weight is 493 g/mol. The molecule has 3 unspecified atom stereocenters. The Morgan fingerprint density at radius 3 is 2.11 bits per heavy atom. The number of rotatable bonds is 10. The fourth-order valence-electron chi connectivity index (χ4n) is 7.08. The van der Waals surface area contributed by atoms with Crippen LogP contribution >= 0.6 is 0 Å². The van der Waals surface area contributed by atoms with Gasteiger partial charge in [-0.25, -0.2) is 4.79 Å². The van der Waals surface area contributed by atoms with Gasteiger partial charge in [-0.15, -0.1) is 0 Å². The molecule has 0 heterocycles. The molecule has 4 heteroatoms. The van der Waals surface area contributed by atoms with E-state index in [4.69, 9.17) is 9.47 Å². The van der Waals surface area contributed by atoms with Crippen LogP contribution in [-0.4, -0.2) is 24.1 Å². The summed E-state index contributed by atoms with van der Waals surface area (Å²) in [7, 11) is 0. The van der Waals surface area contributed by atoms with Crippen LogP contribution in [0.25, 0.3) is 0 Å². The molecular formula is C31H56O4. The summed E-state index contributed by atoms with van der Waals surface area (Å²) >= 11 is 0. The lowest BCUT2D eigenvalue weighted by Crippen LogP contribution is -2.50. The largest absolute Gasteiger partial charge is 0.456 e. The molecule has 3 atom stereocenters. The Morgan fingerprint density at radius 1 is 0.943 bits per heavy atom. The Hall–Kier alpha value is -1.06. The number of carbonyl (C=O) groups excluding carboxylic acids is 2. The molecule has 0 spiro atoms. The number of hydrogen-bond donors (Lipinski definition) is 0. The SMILES string of the molecule is CCC(OC(=O)COC(=O)C(CC(C)C)CC(C)(C)C)(C1CCCCC1)C1CCCCC(C)(C)C1. The monoisotopic (exact) mass is 492 g/mol. The number of hydrogen-bond acceptors (Lipinski definition) is 4. The van der Waals surface area contributed by atoms with E-state index >= 15 is 0 Å². The summed E-state index contributed by atoms with van der Waals surface area (Å²) in [4.78, 5) is 26.3. The molecule has 204 valence electrons. The van der Waals surface area contributed by atoms with E-state index in [1.54, 1.807) is 0 Å². The Balaban J connectivity index is 2.16. The molecule has 0 N–H and O–H groups in total. The van der Waals surface area contributed by atoms with E-state index in [0.29, 0.717) is 17.8 Å². The first kappa shape index (κ1) is 30.2. The van der Waals surface area contributed by atoms with Crippen LogP contribution in [0.1, 0.15) is 139 Å². The second-order valence-electron chi connectivity index (χ2n) is 14.1. The van der Waals surface area contributed by atoms with E-state index in [-0.39, 0.29) is 35.3 Å². The predicted octanol–water partition coefficient (Wildman–Crippen LogP) is 8.51. The first-order valence-electron chi connectivity index (χ1n) is 14.7. The van der Waals surface area contributed by atoms with Crippen molar-refractivity contribution in [2.75, 3.05) is 6.61 Å². The van der Waals surface area contributed by atoms with Crippen molar-refractivity contribution in [1.82, 2.24) is 0 Å². The summed E-state index contributed by atoms with van der Waals surface area (Å²) in [5.74, 6) is 0.406. The second-order valence-corrected chi connectivity index (χ2v) is 14.1. The van der Waals surface area contributed by atoms with Gasteiger partial charge in [0.1, 0.15) is 5.60 Å². The fourth-order valence-corrected chi connectivity index (χ4v) is 7.08. The molecule has 0 aromatic carbocycles. The number of carbonyl (C=O) groups is 2. The molecule has 0 amide bonds. The van der Waals surface area contributed by atoms with Gasteiger partial charge in [0.2, 0.25) is 0 Å². The number of esters is 2. The summed E-state index contributed by atoms with van der Waals surface area (Å²) in [5.41, 5.74) is -0.135. The minimum absolute atomic E-state index is 0.0315. The molecule has 0 aromatic rings. The highest BCUT2D eigenvalue weighted by atomic mass is 16.6. The van der Waals surface area contributed by atoms with Gasteiger partial charge >= 0.3 is 11.9 Å². The third kappa shape index (κ3) is 9.39. The molecule has 0 aliphatic heterocycles. The van der Waals surface area contributed by atoms with Gasteiger partial charge in [0, 0.05) is 0 Å². The quantitative estimate of drug-likeness (QED) is 0.226. The Bertz CT molecular complexity index is 668. The van der Waals surface area contributed by atoms with Crippen molar-refractivity contribution in [1.29, 1.82) is 0 Å². The minimum Gasteiger partial charge on any atom is -0.456 e. The lowest BCUT2D eigenvalue weighted by atomic mass is 9.64. The first-order chi connectivity index (χ1) is 16.3. The summed E-state index contributed by atoms with van der Waals surface area (Å²) in [6.45, 7) is 17.4. The molecule has 2 rings (SSSR count). The fraction of sp³-hybridized carbons (Fsp3) is 0.935. The Labute approximate surface area is 216 Å². The van der Waals surface area contributed by atoms with Gasteiger partial charge in [0.25, 0.3) is 0 Å². The minimum atomic E-state index is -0.436. The van der Waals surface area contributed by atoms with Crippen molar-refractivity contribution < 1.29 is 19.1 Å². The molecule has 2 aliphatic carbocycles.